The first kappa shape index (κ1) is 24.7. The number of aryl methyl sites for hydroxylation is 1. The Balaban J connectivity index is 1.29. The number of benzene rings is 2. The highest BCUT2D eigenvalue weighted by Crippen LogP contribution is 2.32. The summed E-state index contributed by atoms with van der Waals surface area (Å²) in [5.74, 6) is 0.586. The van der Waals surface area contributed by atoms with E-state index < -0.39 is 0 Å². The van der Waals surface area contributed by atoms with E-state index in [1.165, 1.54) is 60.7 Å². The van der Waals surface area contributed by atoms with Gasteiger partial charge in [0.05, 0.1) is 21.8 Å². The van der Waals surface area contributed by atoms with Gasteiger partial charge in [-0.3, -0.25) is 0 Å². The van der Waals surface area contributed by atoms with E-state index in [1.807, 2.05) is 17.4 Å². The zero-order valence-electron chi connectivity index (χ0n) is 21.0. The van der Waals surface area contributed by atoms with Crippen molar-refractivity contribution < 1.29 is 0 Å². The molecule has 1 aliphatic rings. The average molecular weight is 475 g/mol. The van der Waals surface area contributed by atoms with Crippen molar-refractivity contribution in [3.05, 3.63) is 59.2 Å². The highest BCUT2D eigenvalue weighted by molar-refractivity contribution is 7.22. The lowest BCUT2D eigenvalue weighted by atomic mass is 9.89. The maximum atomic E-state index is 9.21. The van der Waals surface area contributed by atoms with Gasteiger partial charge in [-0.05, 0) is 87.2 Å². The topological polar surface area (TPSA) is 43.2 Å². The van der Waals surface area contributed by atoms with Crippen LogP contribution in [0.15, 0.2) is 42.5 Å². The molecule has 180 valence electrons. The van der Waals surface area contributed by atoms with Gasteiger partial charge in [-0.1, -0.05) is 49.4 Å². The molecule has 0 radical (unpaired) electrons. The third-order valence-electron chi connectivity index (χ3n) is 7.35. The number of para-hydroxylation sites is 1. The highest BCUT2D eigenvalue weighted by Gasteiger charge is 2.26. The molecule has 1 atom stereocenters. The number of fused-ring (bicyclic) bond motifs is 1. The van der Waals surface area contributed by atoms with Crippen molar-refractivity contribution in [1.29, 1.82) is 5.26 Å². The second-order valence-electron chi connectivity index (χ2n) is 9.66. The fraction of sp³-hybridized carbons (Fsp3) is 0.517. The van der Waals surface area contributed by atoms with Crippen LogP contribution in [0.5, 0.6) is 0 Å². The standard InChI is InChI=1S/C29H38N4S/c1-4-16-33(29-31-27-10-6-7-11-28(27)34-29)26-14-18-32(19-15-26)17-8-9-23(5-2)24-12-13-25(21-30)22(3)20-24/h6-7,10-13,20,23,26H,4-5,8-9,14-19H2,1-3H3. The monoisotopic (exact) mass is 474 g/mol. The molecule has 0 spiro atoms. The molecule has 2 aromatic carbocycles. The van der Waals surface area contributed by atoms with Gasteiger partial charge in [-0.2, -0.15) is 5.26 Å². The molecule has 34 heavy (non-hydrogen) atoms. The minimum atomic E-state index is 0.586. The first-order chi connectivity index (χ1) is 16.6. The summed E-state index contributed by atoms with van der Waals surface area (Å²) in [4.78, 5) is 10.2. The van der Waals surface area contributed by atoms with Crippen LogP contribution in [0.4, 0.5) is 5.13 Å². The van der Waals surface area contributed by atoms with E-state index >= 15 is 0 Å². The maximum absolute atomic E-state index is 9.21. The number of anilines is 1. The second-order valence-corrected chi connectivity index (χ2v) is 10.7. The fourth-order valence-electron chi connectivity index (χ4n) is 5.35. The summed E-state index contributed by atoms with van der Waals surface area (Å²) < 4.78 is 1.29. The van der Waals surface area contributed by atoms with Crippen molar-refractivity contribution >= 4 is 26.7 Å². The maximum Gasteiger partial charge on any atom is 0.186 e. The van der Waals surface area contributed by atoms with Crippen LogP contribution in [0.1, 0.15) is 75.0 Å². The van der Waals surface area contributed by atoms with E-state index in [0.29, 0.717) is 12.0 Å². The summed E-state index contributed by atoms with van der Waals surface area (Å²) in [5.41, 5.74) is 4.42. The van der Waals surface area contributed by atoms with Crippen LogP contribution in [0.2, 0.25) is 0 Å². The molecule has 1 aliphatic heterocycles. The number of hydrogen-bond donors (Lipinski definition) is 0. The van der Waals surface area contributed by atoms with E-state index in [0.717, 1.165) is 36.0 Å². The third kappa shape index (κ3) is 5.79. The van der Waals surface area contributed by atoms with Crippen molar-refractivity contribution in [2.75, 3.05) is 31.1 Å². The summed E-state index contributed by atoms with van der Waals surface area (Å²) in [6, 6.07) is 17.8. The minimum Gasteiger partial charge on any atom is -0.345 e. The quantitative estimate of drug-likeness (QED) is 0.313. The van der Waals surface area contributed by atoms with Crippen LogP contribution in [0.25, 0.3) is 10.2 Å². The Hall–Kier alpha value is -2.42. The van der Waals surface area contributed by atoms with Gasteiger partial charge in [0, 0.05) is 25.7 Å². The van der Waals surface area contributed by atoms with Gasteiger partial charge >= 0.3 is 0 Å². The van der Waals surface area contributed by atoms with Gasteiger partial charge in [0.1, 0.15) is 0 Å². The Bertz CT molecular complexity index is 1070. The number of thiazole rings is 1. The molecule has 1 unspecified atom stereocenters. The molecule has 5 heteroatoms. The number of piperidine rings is 1. The van der Waals surface area contributed by atoms with Gasteiger partial charge in [0.15, 0.2) is 5.13 Å². The predicted molar refractivity (Wildman–Crippen MR) is 145 cm³/mol. The van der Waals surface area contributed by atoms with Gasteiger partial charge in [0.2, 0.25) is 0 Å². The largest absolute Gasteiger partial charge is 0.345 e. The molecular weight excluding hydrogens is 436 g/mol. The molecule has 1 saturated heterocycles. The summed E-state index contributed by atoms with van der Waals surface area (Å²) in [7, 11) is 0. The number of hydrogen-bond acceptors (Lipinski definition) is 5. The van der Waals surface area contributed by atoms with Gasteiger partial charge in [-0.15, -0.1) is 0 Å². The van der Waals surface area contributed by atoms with Crippen LogP contribution < -0.4 is 4.90 Å². The first-order valence-electron chi connectivity index (χ1n) is 13.0. The third-order valence-corrected chi connectivity index (χ3v) is 8.43. The van der Waals surface area contributed by atoms with E-state index in [2.05, 4.69) is 73.0 Å². The molecular formula is C29H38N4S. The second kappa shape index (κ2) is 11.8. The molecule has 0 bridgehead atoms. The lowest BCUT2D eigenvalue weighted by Gasteiger charge is -2.38. The highest BCUT2D eigenvalue weighted by atomic mass is 32.1. The van der Waals surface area contributed by atoms with E-state index in [9.17, 15) is 5.26 Å². The van der Waals surface area contributed by atoms with E-state index in [1.54, 1.807) is 0 Å². The molecule has 2 heterocycles. The lowest BCUT2D eigenvalue weighted by Crippen LogP contribution is -2.45. The number of nitrogens with zero attached hydrogens (tertiary/aromatic N) is 4. The van der Waals surface area contributed by atoms with Crippen LogP contribution in [0, 0.1) is 18.3 Å². The van der Waals surface area contributed by atoms with Crippen molar-refractivity contribution in [3.8, 4) is 6.07 Å². The van der Waals surface area contributed by atoms with Crippen molar-refractivity contribution in [3.63, 3.8) is 0 Å². The predicted octanol–water partition coefficient (Wildman–Crippen LogP) is 7.13. The molecule has 0 N–H and O–H groups in total. The van der Waals surface area contributed by atoms with Gasteiger partial charge in [0.25, 0.3) is 0 Å². The molecule has 0 saturated carbocycles. The Morgan fingerprint density at radius 2 is 1.97 bits per heavy atom. The number of aromatic nitrogens is 1. The molecule has 3 aromatic rings. The van der Waals surface area contributed by atoms with Crippen LogP contribution in [-0.4, -0.2) is 42.1 Å². The minimum absolute atomic E-state index is 0.586. The van der Waals surface area contributed by atoms with Crippen molar-refractivity contribution in [1.82, 2.24) is 9.88 Å². The van der Waals surface area contributed by atoms with Crippen molar-refractivity contribution in [2.45, 2.75) is 71.3 Å². The molecule has 0 aliphatic carbocycles. The Kier molecular flexibility index (Phi) is 8.59. The van der Waals surface area contributed by atoms with Gasteiger partial charge < -0.3 is 9.80 Å². The smallest absolute Gasteiger partial charge is 0.186 e. The fourth-order valence-corrected chi connectivity index (χ4v) is 6.41. The Morgan fingerprint density at radius 3 is 2.65 bits per heavy atom. The summed E-state index contributed by atoms with van der Waals surface area (Å²) in [6.07, 6.45) is 7.21. The summed E-state index contributed by atoms with van der Waals surface area (Å²) >= 11 is 1.84. The van der Waals surface area contributed by atoms with E-state index in [-0.39, 0.29) is 0 Å². The lowest BCUT2D eigenvalue weighted by molar-refractivity contribution is 0.203. The number of likely N-dealkylation sites (tertiary alicyclic amines) is 1. The van der Waals surface area contributed by atoms with Crippen molar-refractivity contribution in [2.24, 2.45) is 0 Å². The summed E-state index contributed by atoms with van der Waals surface area (Å²) in [6.45, 7) is 11.3. The molecule has 1 aromatic heterocycles. The zero-order chi connectivity index (χ0) is 23.9. The first-order valence-corrected chi connectivity index (χ1v) is 13.8. The van der Waals surface area contributed by atoms with Crippen LogP contribution >= 0.6 is 11.3 Å². The summed E-state index contributed by atoms with van der Waals surface area (Å²) in [5, 5.41) is 10.4. The average Bonchev–Trinajstić information content (AvgIpc) is 3.29. The zero-order valence-corrected chi connectivity index (χ0v) is 21.8. The van der Waals surface area contributed by atoms with Crippen LogP contribution in [-0.2, 0) is 0 Å². The molecule has 4 rings (SSSR count). The normalized spacial score (nSPS) is 15.9. The Labute approximate surface area is 209 Å². The number of rotatable bonds is 10. The number of nitriles is 1. The van der Waals surface area contributed by atoms with Crippen LogP contribution in [0.3, 0.4) is 0 Å². The molecule has 1 fully saturated rings. The van der Waals surface area contributed by atoms with Gasteiger partial charge in [-0.25, -0.2) is 4.98 Å². The molecule has 4 nitrogen and oxygen atoms in total. The Morgan fingerprint density at radius 1 is 1.18 bits per heavy atom. The molecule has 0 amide bonds. The SMILES string of the molecule is CCCN(c1nc2ccccc2s1)C1CCN(CCCC(CC)c2ccc(C#N)c(C)c2)CC1. The van der Waals surface area contributed by atoms with E-state index in [4.69, 9.17) is 4.98 Å².